The fraction of sp³-hybridized carbons (Fsp3) is 1.00. The molecular formula is C14H30N2. The molecular weight excluding hydrogens is 196 g/mol. The molecule has 0 aliphatic carbocycles. The SMILES string of the molecule is CC(C)CC(CN)CN1C(C)CCCC1C. The second kappa shape index (κ2) is 6.61. The van der Waals surface area contributed by atoms with Gasteiger partial charge in [-0.15, -0.1) is 0 Å². The Morgan fingerprint density at radius 1 is 1.19 bits per heavy atom. The largest absolute Gasteiger partial charge is 0.330 e. The molecule has 2 heteroatoms. The summed E-state index contributed by atoms with van der Waals surface area (Å²) >= 11 is 0. The predicted octanol–water partition coefficient (Wildman–Crippen LogP) is 2.87. The van der Waals surface area contributed by atoms with E-state index in [1.54, 1.807) is 0 Å². The van der Waals surface area contributed by atoms with E-state index in [-0.39, 0.29) is 0 Å². The van der Waals surface area contributed by atoms with Crippen molar-refractivity contribution in [2.75, 3.05) is 13.1 Å². The maximum absolute atomic E-state index is 5.90. The zero-order chi connectivity index (χ0) is 12.1. The van der Waals surface area contributed by atoms with Gasteiger partial charge in [0.15, 0.2) is 0 Å². The molecule has 0 spiro atoms. The number of rotatable bonds is 5. The Hall–Kier alpha value is -0.0800. The van der Waals surface area contributed by atoms with Crippen molar-refractivity contribution in [1.82, 2.24) is 4.90 Å². The van der Waals surface area contributed by atoms with Crippen molar-refractivity contribution in [3.63, 3.8) is 0 Å². The number of likely N-dealkylation sites (tertiary alicyclic amines) is 1. The Bertz CT molecular complexity index is 181. The minimum absolute atomic E-state index is 0.683. The standard InChI is InChI=1S/C14H30N2/c1-11(2)8-14(9-15)10-16-12(3)6-5-7-13(16)4/h11-14H,5-10,15H2,1-4H3. The van der Waals surface area contributed by atoms with Crippen molar-refractivity contribution >= 4 is 0 Å². The lowest BCUT2D eigenvalue weighted by Gasteiger charge is -2.41. The summed E-state index contributed by atoms with van der Waals surface area (Å²) in [5, 5.41) is 0. The van der Waals surface area contributed by atoms with E-state index in [2.05, 4.69) is 32.6 Å². The highest BCUT2D eigenvalue weighted by Gasteiger charge is 2.26. The normalized spacial score (nSPS) is 29.6. The minimum atomic E-state index is 0.683. The first kappa shape index (κ1) is 14.0. The Labute approximate surface area is 102 Å². The molecule has 0 aromatic carbocycles. The lowest BCUT2D eigenvalue weighted by atomic mass is 9.92. The maximum atomic E-state index is 5.90. The molecule has 3 atom stereocenters. The van der Waals surface area contributed by atoms with E-state index in [9.17, 15) is 0 Å². The molecule has 1 heterocycles. The van der Waals surface area contributed by atoms with Gasteiger partial charge in [-0.1, -0.05) is 20.3 Å². The lowest BCUT2D eigenvalue weighted by Crippen LogP contribution is -2.47. The van der Waals surface area contributed by atoms with Crippen molar-refractivity contribution in [2.45, 2.75) is 65.5 Å². The zero-order valence-electron chi connectivity index (χ0n) is 11.6. The van der Waals surface area contributed by atoms with Crippen LogP contribution >= 0.6 is 0 Å². The topological polar surface area (TPSA) is 29.3 Å². The smallest absolute Gasteiger partial charge is 0.00698 e. The molecule has 0 bridgehead atoms. The number of hydrogen-bond acceptors (Lipinski definition) is 2. The third-order valence-corrected chi connectivity index (χ3v) is 3.98. The monoisotopic (exact) mass is 226 g/mol. The quantitative estimate of drug-likeness (QED) is 0.781. The van der Waals surface area contributed by atoms with Crippen molar-refractivity contribution in [3.8, 4) is 0 Å². The van der Waals surface area contributed by atoms with Crippen molar-refractivity contribution in [2.24, 2.45) is 17.6 Å². The lowest BCUT2D eigenvalue weighted by molar-refractivity contribution is 0.0809. The van der Waals surface area contributed by atoms with E-state index in [4.69, 9.17) is 5.73 Å². The molecule has 0 aromatic heterocycles. The summed E-state index contributed by atoms with van der Waals surface area (Å²) < 4.78 is 0. The predicted molar refractivity (Wildman–Crippen MR) is 71.5 cm³/mol. The Morgan fingerprint density at radius 3 is 2.19 bits per heavy atom. The molecule has 1 rings (SSSR count). The second-order valence-corrected chi connectivity index (χ2v) is 6.06. The molecule has 1 aliphatic heterocycles. The average molecular weight is 226 g/mol. The summed E-state index contributed by atoms with van der Waals surface area (Å²) in [6, 6.07) is 1.51. The highest BCUT2D eigenvalue weighted by atomic mass is 15.2. The molecule has 0 aromatic rings. The van der Waals surface area contributed by atoms with Gasteiger partial charge in [-0.05, 0) is 51.5 Å². The molecule has 16 heavy (non-hydrogen) atoms. The van der Waals surface area contributed by atoms with Crippen LogP contribution in [0.15, 0.2) is 0 Å². The van der Waals surface area contributed by atoms with E-state index in [0.29, 0.717) is 5.92 Å². The van der Waals surface area contributed by atoms with Gasteiger partial charge in [-0.25, -0.2) is 0 Å². The summed E-state index contributed by atoms with van der Waals surface area (Å²) in [4.78, 5) is 2.68. The summed E-state index contributed by atoms with van der Waals surface area (Å²) in [6.45, 7) is 11.4. The van der Waals surface area contributed by atoms with Gasteiger partial charge in [0.1, 0.15) is 0 Å². The Kier molecular flexibility index (Phi) is 5.77. The number of hydrogen-bond donors (Lipinski definition) is 1. The van der Waals surface area contributed by atoms with Gasteiger partial charge in [0.2, 0.25) is 0 Å². The van der Waals surface area contributed by atoms with E-state index in [0.717, 1.165) is 24.5 Å². The molecule has 2 N–H and O–H groups in total. The zero-order valence-corrected chi connectivity index (χ0v) is 11.6. The van der Waals surface area contributed by atoms with Crippen LogP contribution in [0.2, 0.25) is 0 Å². The van der Waals surface area contributed by atoms with Gasteiger partial charge < -0.3 is 5.73 Å². The number of piperidine rings is 1. The van der Waals surface area contributed by atoms with Crippen molar-refractivity contribution in [3.05, 3.63) is 0 Å². The average Bonchev–Trinajstić information content (AvgIpc) is 2.21. The van der Waals surface area contributed by atoms with Gasteiger partial charge in [-0.2, -0.15) is 0 Å². The first-order valence-corrected chi connectivity index (χ1v) is 7.00. The minimum Gasteiger partial charge on any atom is -0.330 e. The molecule has 0 amide bonds. The second-order valence-electron chi connectivity index (χ2n) is 6.06. The van der Waals surface area contributed by atoms with E-state index >= 15 is 0 Å². The molecule has 1 saturated heterocycles. The Balaban J connectivity index is 2.48. The molecule has 0 saturated carbocycles. The van der Waals surface area contributed by atoms with Gasteiger partial charge in [0.05, 0.1) is 0 Å². The van der Waals surface area contributed by atoms with E-state index in [1.165, 1.54) is 32.2 Å². The van der Waals surface area contributed by atoms with Crippen LogP contribution in [0, 0.1) is 11.8 Å². The van der Waals surface area contributed by atoms with Crippen LogP contribution in [-0.2, 0) is 0 Å². The van der Waals surface area contributed by atoms with Crippen LogP contribution in [0.3, 0.4) is 0 Å². The van der Waals surface area contributed by atoms with Crippen LogP contribution in [-0.4, -0.2) is 30.1 Å². The molecule has 1 fully saturated rings. The fourth-order valence-corrected chi connectivity index (χ4v) is 3.04. The Morgan fingerprint density at radius 2 is 1.75 bits per heavy atom. The molecule has 96 valence electrons. The van der Waals surface area contributed by atoms with Gasteiger partial charge in [0, 0.05) is 18.6 Å². The first-order valence-electron chi connectivity index (χ1n) is 7.00. The highest BCUT2D eigenvalue weighted by molar-refractivity contribution is 4.81. The number of nitrogens with zero attached hydrogens (tertiary/aromatic N) is 1. The summed E-state index contributed by atoms with van der Waals surface area (Å²) in [7, 11) is 0. The summed E-state index contributed by atoms with van der Waals surface area (Å²) in [5.41, 5.74) is 5.90. The molecule has 2 nitrogen and oxygen atoms in total. The maximum Gasteiger partial charge on any atom is 0.00698 e. The van der Waals surface area contributed by atoms with E-state index < -0.39 is 0 Å². The van der Waals surface area contributed by atoms with E-state index in [1.807, 2.05) is 0 Å². The van der Waals surface area contributed by atoms with Crippen molar-refractivity contribution < 1.29 is 0 Å². The van der Waals surface area contributed by atoms with Crippen LogP contribution < -0.4 is 5.73 Å². The third kappa shape index (κ3) is 4.06. The van der Waals surface area contributed by atoms with Crippen LogP contribution in [0.5, 0.6) is 0 Å². The van der Waals surface area contributed by atoms with Crippen LogP contribution in [0.1, 0.15) is 53.4 Å². The molecule has 1 aliphatic rings. The molecule has 0 radical (unpaired) electrons. The van der Waals surface area contributed by atoms with Crippen molar-refractivity contribution in [1.29, 1.82) is 0 Å². The van der Waals surface area contributed by atoms with Gasteiger partial charge >= 0.3 is 0 Å². The number of nitrogens with two attached hydrogens (primary N) is 1. The fourth-order valence-electron chi connectivity index (χ4n) is 3.04. The van der Waals surface area contributed by atoms with Gasteiger partial charge in [-0.3, -0.25) is 4.90 Å². The summed E-state index contributed by atoms with van der Waals surface area (Å²) in [5.74, 6) is 1.45. The third-order valence-electron chi connectivity index (χ3n) is 3.98. The van der Waals surface area contributed by atoms with Crippen LogP contribution in [0.25, 0.3) is 0 Å². The highest BCUT2D eigenvalue weighted by Crippen LogP contribution is 2.24. The summed E-state index contributed by atoms with van der Waals surface area (Å²) in [6.07, 6.45) is 5.40. The first-order chi connectivity index (χ1) is 7.54. The van der Waals surface area contributed by atoms with Crippen LogP contribution in [0.4, 0.5) is 0 Å². The van der Waals surface area contributed by atoms with Gasteiger partial charge in [0.25, 0.3) is 0 Å². The molecule has 3 unspecified atom stereocenters.